The molecule has 3 rings (SSSR count). The molecule has 0 aliphatic carbocycles. The maximum absolute atomic E-state index is 13.5. The molecule has 34 heavy (non-hydrogen) atoms. The molecule has 0 fully saturated rings. The number of nitrogens with zero attached hydrogens (tertiary/aromatic N) is 1. The third-order valence-electron chi connectivity index (χ3n) is 5.34. The Bertz CT molecular complexity index is 1270. The van der Waals surface area contributed by atoms with Gasteiger partial charge in [-0.25, -0.2) is 8.42 Å². The molecule has 0 unspecified atom stereocenters. The summed E-state index contributed by atoms with van der Waals surface area (Å²) in [6, 6.07) is 17.8. The minimum Gasteiger partial charge on any atom is -0.493 e. The highest BCUT2D eigenvalue weighted by Gasteiger charge is 2.29. The van der Waals surface area contributed by atoms with E-state index in [1.54, 1.807) is 69.5 Å². The standard InChI is InChI=1S/C25H27ClN2O5S/c1-17-10-12-20(26)15-22(17)28(34(30,31)21-8-6-5-7-9-21)16-25(29)27-18(2)19-11-13-23(32-3)24(14-19)33-4/h5-15,18H,16H2,1-4H3,(H,27,29)/t18-/m0/s1. The van der Waals surface area contributed by atoms with Crippen LogP contribution in [0.25, 0.3) is 0 Å². The number of hydrogen-bond donors (Lipinski definition) is 1. The van der Waals surface area contributed by atoms with Gasteiger partial charge in [0, 0.05) is 5.02 Å². The average molecular weight is 503 g/mol. The van der Waals surface area contributed by atoms with Gasteiger partial charge >= 0.3 is 0 Å². The van der Waals surface area contributed by atoms with Crippen molar-refractivity contribution in [2.45, 2.75) is 24.8 Å². The Labute approximate surface area is 205 Å². The molecule has 0 bridgehead atoms. The van der Waals surface area contributed by atoms with Crippen molar-refractivity contribution < 1.29 is 22.7 Å². The van der Waals surface area contributed by atoms with E-state index in [2.05, 4.69) is 5.32 Å². The molecule has 3 aromatic carbocycles. The predicted molar refractivity (Wildman–Crippen MR) is 133 cm³/mol. The molecule has 1 amide bonds. The van der Waals surface area contributed by atoms with E-state index >= 15 is 0 Å². The number of methoxy groups -OCH3 is 2. The summed E-state index contributed by atoms with van der Waals surface area (Å²) in [7, 11) is -0.955. The Morgan fingerprint density at radius 3 is 2.32 bits per heavy atom. The van der Waals surface area contributed by atoms with Crippen LogP contribution >= 0.6 is 11.6 Å². The molecule has 9 heteroatoms. The van der Waals surface area contributed by atoms with Crippen LogP contribution in [0.3, 0.4) is 0 Å². The Hall–Kier alpha value is -3.23. The van der Waals surface area contributed by atoms with Crippen molar-refractivity contribution in [3.63, 3.8) is 0 Å². The van der Waals surface area contributed by atoms with E-state index in [0.717, 1.165) is 9.87 Å². The zero-order valence-electron chi connectivity index (χ0n) is 19.4. The number of carbonyl (C=O) groups is 1. The first-order valence-electron chi connectivity index (χ1n) is 10.5. The van der Waals surface area contributed by atoms with Gasteiger partial charge in [0.15, 0.2) is 11.5 Å². The quantitative estimate of drug-likeness (QED) is 0.457. The topological polar surface area (TPSA) is 84.9 Å². The molecular formula is C25H27ClN2O5S. The van der Waals surface area contributed by atoms with Crippen molar-refractivity contribution in [3.8, 4) is 11.5 Å². The Balaban J connectivity index is 1.91. The van der Waals surface area contributed by atoms with E-state index in [9.17, 15) is 13.2 Å². The SMILES string of the molecule is COc1ccc([C@H](C)NC(=O)CN(c2cc(Cl)ccc2C)S(=O)(=O)c2ccccc2)cc1OC. The molecule has 0 heterocycles. The number of rotatable bonds is 9. The molecule has 0 aliphatic heterocycles. The lowest BCUT2D eigenvalue weighted by molar-refractivity contribution is -0.120. The fraction of sp³-hybridized carbons (Fsp3) is 0.240. The summed E-state index contributed by atoms with van der Waals surface area (Å²) in [5.41, 5.74) is 1.79. The number of anilines is 1. The Morgan fingerprint density at radius 1 is 1.00 bits per heavy atom. The van der Waals surface area contributed by atoms with Crippen molar-refractivity contribution >= 4 is 33.2 Å². The number of sulfonamides is 1. The first kappa shape index (κ1) is 25.4. The highest BCUT2D eigenvalue weighted by Crippen LogP contribution is 2.31. The fourth-order valence-corrected chi connectivity index (χ4v) is 5.16. The molecule has 0 saturated heterocycles. The highest BCUT2D eigenvalue weighted by atomic mass is 35.5. The van der Waals surface area contributed by atoms with Crippen LogP contribution in [0.5, 0.6) is 11.5 Å². The van der Waals surface area contributed by atoms with Gasteiger partial charge in [-0.1, -0.05) is 41.9 Å². The first-order chi connectivity index (χ1) is 16.2. The number of amides is 1. The molecular weight excluding hydrogens is 476 g/mol. The van der Waals surface area contributed by atoms with Crippen LogP contribution in [0.2, 0.25) is 5.02 Å². The lowest BCUT2D eigenvalue weighted by Crippen LogP contribution is -2.42. The second kappa shape index (κ2) is 10.8. The lowest BCUT2D eigenvalue weighted by Gasteiger charge is -2.26. The monoisotopic (exact) mass is 502 g/mol. The maximum Gasteiger partial charge on any atom is 0.264 e. The Kier molecular flexibility index (Phi) is 8.06. The summed E-state index contributed by atoms with van der Waals surface area (Å²) in [6.45, 7) is 3.15. The lowest BCUT2D eigenvalue weighted by atomic mass is 10.1. The van der Waals surface area contributed by atoms with Crippen molar-refractivity contribution in [2.75, 3.05) is 25.1 Å². The van der Waals surface area contributed by atoms with E-state index in [-0.39, 0.29) is 4.90 Å². The summed E-state index contributed by atoms with van der Waals surface area (Å²) in [6.07, 6.45) is 0. The zero-order valence-corrected chi connectivity index (χ0v) is 21.0. The molecule has 3 aromatic rings. The van der Waals surface area contributed by atoms with Gasteiger partial charge in [-0.15, -0.1) is 0 Å². The number of benzene rings is 3. The third-order valence-corrected chi connectivity index (χ3v) is 7.35. The van der Waals surface area contributed by atoms with Crippen molar-refractivity contribution in [1.29, 1.82) is 0 Å². The molecule has 0 radical (unpaired) electrons. The molecule has 1 atom stereocenters. The summed E-state index contributed by atoms with van der Waals surface area (Å²) in [5, 5.41) is 3.24. The van der Waals surface area contributed by atoms with Crippen LogP contribution in [0, 0.1) is 6.92 Å². The second-order valence-electron chi connectivity index (χ2n) is 7.66. The number of ether oxygens (including phenoxy) is 2. The van der Waals surface area contributed by atoms with Gasteiger partial charge in [0.25, 0.3) is 10.0 Å². The van der Waals surface area contributed by atoms with Gasteiger partial charge in [0.1, 0.15) is 6.54 Å². The normalized spacial score (nSPS) is 12.0. The number of nitrogens with one attached hydrogen (secondary N) is 1. The Morgan fingerprint density at radius 2 is 1.68 bits per heavy atom. The van der Waals surface area contributed by atoms with Crippen molar-refractivity contribution in [3.05, 3.63) is 82.9 Å². The van der Waals surface area contributed by atoms with E-state index < -0.39 is 28.5 Å². The van der Waals surface area contributed by atoms with Gasteiger partial charge in [0.05, 0.1) is 30.8 Å². The highest BCUT2D eigenvalue weighted by molar-refractivity contribution is 7.92. The van der Waals surface area contributed by atoms with E-state index in [1.165, 1.54) is 19.2 Å². The van der Waals surface area contributed by atoms with Gasteiger partial charge < -0.3 is 14.8 Å². The number of hydrogen-bond acceptors (Lipinski definition) is 5. The van der Waals surface area contributed by atoms with Crippen LogP contribution < -0.4 is 19.1 Å². The smallest absolute Gasteiger partial charge is 0.264 e. The van der Waals surface area contributed by atoms with Crippen molar-refractivity contribution in [2.24, 2.45) is 0 Å². The van der Waals surface area contributed by atoms with E-state index in [0.29, 0.717) is 27.8 Å². The predicted octanol–water partition coefficient (Wildman–Crippen LogP) is 4.74. The summed E-state index contributed by atoms with van der Waals surface area (Å²) >= 11 is 6.17. The van der Waals surface area contributed by atoms with Gasteiger partial charge in [-0.05, 0) is 61.4 Å². The molecule has 7 nitrogen and oxygen atoms in total. The molecule has 0 aromatic heterocycles. The largest absolute Gasteiger partial charge is 0.493 e. The minimum absolute atomic E-state index is 0.0788. The molecule has 180 valence electrons. The minimum atomic E-state index is -4.03. The third kappa shape index (κ3) is 5.63. The van der Waals surface area contributed by atoms with Crippen LogP contribution in [-0.4, -0.2) is 35.1 Å². The number of halogens is 1. The maximum atomic E-state index is 13.5. The summed E-state index contributed by atoms with van der Waals surface area (Å²) < 4.78 is 38.7. The van der Waals surface area contributed by atoms with E-state index in [4.69, 9.17) is 21.1 Å². The van der Waals surface area contributed by atoms with E-state index in [1.807, 2.05) is 6.07 Å². The molecule has 1 N–H and O–H groups in total. The number of carbonyl (C=O) groups excluding carboxylic acids is 1. The summed E-state index contributed by atoms with van der Waals surface area (Å²) in [4.78, 5) is 13.1. The van der Waals surface area contributed by atoms with Crippen LogP contribution in [0.15, 0.2) is 71.6 Å². The summed E-state index contributed by atoms with van der Waals surface area (Å²) in [5.74, 6) is 0.631. The fourth-order valence-electron chi connectivity index (χ4n) is 3.49. The van der Waals surface area contributed by atoms with Crippen LogP contribution in [0.4, 0.5) is 5.69 Å². The molecule has 0 aliphatic rings. The van der Waals surface area contributed by atoms with Crippen LogP contribution in [0.1, 0.15) is 24.1 Å². The van der Waals surface area contributed by atoms with Gasteiger partial charge in [0.2, 0.25) is 5.91 Å². The molecule has 0 spiro atoms. The van der Waals surface area contributed by atoms with Crippen LogP contribution in [-0.2, 0) is 14.8 Å². The van der Waals surface area contributed by atoms with Gasteiger partial charge in [-0.3, -0.25) is 9.10 Å². The number of aryl methyl sites for hydroxylation is 1. The second-order valence-corrected chi connectivity index (χ2v) is 9.96. The van der Waals surface area contributed by atoms with Crippen molar-refractivity contribution in [1.82, 2.24) is 5.32 Å². The first-order valence-corrected chi connectivity index (χ1v) is 12.3. The molecule has 0 saturated carbocycles. The van der Waals surface area contributed by atoms with Gasteiger partial charge in [-0.2, -0.15) is 0 Å². The average Bonchev–Trinajstić information content (AvgIpc) is 2.84. The zero-order chi connectivity index (χ0) is 24.9.